The van der Waals surface area contributed by atoms with Gasteiger partial charge in [-0.2, -0.15) is 0 Å². The Morgan fingerprint density at radius 1 is 0.880 bits per heavy atom. The van der Waals surface area contributed by atoms with Crippen LogP contribution in [0.25, 0.3) is 0 Å². The predicted molar refractivity (Wildman–Crippen MR) is 93.7 cm³/mol. The van der Waals surface area contributed by atoms with E-state index in [4.69, 9.17) is 0 Å². The maximum absolute atomic E-state index is 12.5. The Bertz CT molecular complexity index is 955. The molecule has 1 amide bonds. The Morgan fingerprint density at radius 2 is 1.56 bits per heavy atom. The van der Waals surface area contributed by atoms with Gasteiger partial charge in [0, 0.05) is 18.9 Å². The summed E-state index contributed by atoms with van der Waals surface area (Å²) in [6.07, 6.45) is 3.09. The zero-order chi connectivity index (χ0) is 17.7. The molecule has 0 aliphatic heterocycles. The van der Waals surface area contributed by atoms with E-state index >= 15 is 0 Å². The molecule has 0 unspecified atom stereocenters. The summed E-state index contributed by atoms with van der Waals surface area (Å²) in [4.78, 5) is 16.4. The molecule has 0 bridgehead atoms. The maximum atomic E-state index is 12.5. The van der Waals surface area contributed by atoms with E-state index < -0.39 is 9.84 Å². The number of amides is 1. The summed E-state index contributed by atoms with van der Waals surface area (Å²) in [5.41, 5.74) is 1.29. The number of benzene rings is 2. The SMILES string of the molecule is O=C(NCc1ccc(S(=O)(=O)c2ccccc2)cc1)c1cccnc1. The number of nitrogens with one attached hydrogen (secondary N) is 1. The highest BCUT2D eigenvalue weighted by Gasteiger charge is 2.16. The summed E-state index contributed by atoms with van der Waals surface area (Å²) in [6.45, 7) is 0.305. The van der Waals surface area contributed by atoms with Crippen molar-refractivity contribution >= 4 is 15.7 Å². The van der Waals surface area contributed by atoms with Crippen LogP contribution in [-0.2, 0) is 16.4 Å². The number of carbonyl (C=O) groups excluding carboxylic acids is 1. The maximum Gasteiger partial charge on any atom is 0.253 e. The van der Waals surface area contributed by atoms with Gasteiger partial charge in [-0.3, -0.25) is 9.78 Å². The molecule has 3 aromatic rings. The molecule has 126 valence electrons. The van der Waals surface area contributed by atoms with Crippen LogP contribution in [0.1, 0.15) is 15.9 Å². The first-order chi connectivity index (χ1) is 12.1. The number of hydrogen-bond donors (Lipinski definition) is 1. The van der Waals surface area contributed by atoms with Crippen molar-refractivity contribution in [2.75, 3.05) is 0 Å². The molecule has 0 fully saturated rings. The molecule has 0 radical (unpaired) electrons. The molecule has 2 aromatic carbocycles. The van der Waals surface area contributed by atoms with Gasteiger partial charge in [0.1, 0.15) is 0 Å². The summed E-state index contributed by atoms with van der Waals surface area (Å²) in [6, 6.07) is 18.1. The molecule has 1 heterocycles. The Morgan fingerprint density at radius 3 is 2.20 bits per heavy atom. The molecule has 0 aliphatic rings. The largest absolute Gasteiger partial charge is 0.348 e. The van der Waals surface area contributed by atoms with E-state index in [2.05, 4.69) is 10.3 Å². The second kappa shape index (κ2) is 7.27. The summed E-state index contributed by atoms with van der Waals surface area (Å²) in [5, 5.41) is 2.78. The molecule has 25 heavy (non-hydrogen) atoms. The molecule has 0 saturated heterocycles. The fraction of sp³-hybridized carbons (Fsp3) is 0.0526. The van der Waals surface area contributed by atoms with Crippen molar-refractivity contribution in [3.05, 3.63) is 90.3 Å². The summed E-state index contributed by atoms with van der Waals surface area (Å²) in [5.74, 6) is -0.228. The predicted octanol–water partition coefficient (Wildman–Crippen LogP) is 2.84. The van der Waals surface area contributed by atoms with E-state index in [-0.39, 0.29) is 15.7 Å². The minimum atomic E-state index is -3.53. The van der Waals surface area contributed by atoms with E-state index in [1.54, 1.807) is 72.9 Å². The lowest BCUT2D eigenvalue weighted by molar-refractivity contribution is 0.0950. The number of sulfone groups is 1. The fourth-order valence-electron chi connectivity index (χ4n) is 2.30. The van der Waals surface area contributed by atoms with Crippen LogP contribution in [0, 0.1) is 0 Å². The first-order valence-corrected chi connectivity index (χ1v) is 9.13. The molecule has 0 atom stereocenters. The fourth-order valence-corrected chi connectivity index (χ4v) is 3.59. The number of hydrogen-bond acceptors (Lipinski definition) is 4. The minimum absolute atomic E-state index is 0.223. The van der Waals surface area contributed by atoms with Gasteiger partial charge in [0.2, 0.25) is 9.84 Å². The van der Waals surface area contributed by atoms with Gasteiger partial charge in [-0.05, 0) is 42.0 Å². The van der Waals surface area contributed by atoms with Crippen LogP contribution in [0.4, 0.5) is 0 Å². The van der Waals surface area contributed by atoms with Gasteiger partial charge >= 0.3 is 0 Å². The summed E-state index contributed by atoms with van der Waals surface area (Å²) < 4.78 is 25.0. The van der Waals surface area contributed by atoms with Crippen LogP contribution >= 0.6 is 0 Å². The third kappa shape index (κ3) is 3.92. The molecule has 0 aliphatic carbocycles. The lowest BCUT2D eigenvalue weighted by Crippen LogP contribution is -2.22. The van der Waals surface area contributed by atoms with E-state index in [0.29, 0.717) is 12.1 Å². The normalized spacial score (nSPS) is 11.0. The van der Waals surface area contributed by atoms with Gasteiger partial charge in [-0.25, -0.2) is 8.42 Å². The highest BCUT2D eigenvalue weighted by molar-refractivity contribution is 7.91. The smallest absolute Gasteiger partial charge is 0.253 e. The molecular weight excluding hydrogens is 336 g/mol. The Kier molecular flexibility index (Phi) is 4.90. The van der Waals surface area contributed by atoms with Crippen molar-refractivity contribution in [2.45, 2.75) is 16.3 Å². The van der Waals surface area contributed by atoms with E-state index in [1.807, 2.05) is 0 Å². The average Bonchev–Trinajstić information content (AvgIpc) is 2.68. The zero-order valence-electron chi connectivity index (χ0n) is 13.3. The van der Waals surface area contributed by atoms with Crippen molar-refractivity contribution < 1.29 is 13.2 Å². The van der Waals surface area contributed by atoms with Crippen molar-refractivity contribution in [3.8, 4) is 0 Å². The number of rotatable bonds is 5. The zero-order valence-corrected chi connectivity index (χ0v) is 14.1. The molecular formula is C19H16N2O3S. The van der Waals surface area contributed by atoms with Crippen LogP contribution in [0.3, 0.4) is 0 Å². The molecule has 0 saturated carbocycles. The molecule has 5 nitrogen and oxygen atoms in total. The van der Waals surface area contributed by atoms with Crippen LogP contribution in [0.15, 0.2) is 88.9 Å². The van der Waals surface area contributed by atoms with Crippen molar-refractivity contribution in [1.29, 1.82) is 0 Å². The lowest BCUT2D eigenvalue weighted by atomic mass is 10.2. The van der Waals surface area contributed by atoms with Gasteiger partial charge in [0.25, 0.3) is 5.91 Å². The Hall–Kier alpha value is -2.99. The second-order valence-corrected chi connectivity index (χ2v) is 7.33. The molecule has 6 heteroatoms. The van der Waals surface area contributed by atoms with Crippen LogP contribution in [0.5, 0.6) is 0 Å². The Labute approximate surface area is 146 Å². The number of nitrogens with zero attached hydrogens (tertiary/aromatic N) is 1. The van der Waals surface area contributed by atoms with Gasteiger partial charge in [0.15, 0.2) is 0 Å². The first-order valence-electron chi connectivity index (χ1n) is 7.65. The Balaban J connectivity index is 1.70. The molecule has 3 rings (SSSR count). The van der Waals surface area contributed by atoms with Crippen LogP contribution in [0.2, 0.25) is 0 Å². The van der Waals surface area contributed by atoms with Crippen LogP contribution < -0.4 is 5.32 Å². The highest BCUT2D eigenvalue weighted by atomic mass is 32.2. The summed E-state index contributed by atoms with van der Waals surface area (Å²) >= 11 is 0. The lowest BCUT2D eigenvalue weighted by Gasteiger charge is -2.07. The first kappa shape index (κ1) is 16.9. The van der Waals surface area contributed by atoms with E-state index in [1.165, 1.54) is 6.20 Å². The van der Waals surface area contributed by atoms with Gasteiger partial charge < -0.3 is 5.32 Å². The van der Waals surface area contributed by atoms with Gasteiger partial charge in [-0.1, -0.05) is 30.3 Å². The molecule has 0 spiro atoms. The van der Waals surface area contributed by atoms with E-state index in [0.717, 1.165) is 5.56 Å². The third-order valence-electron chi connectivity index (χ3n) is 3.66. The number of pyridine rings is 1. The number of carbonyl (C=O) groups is 1. The van der Waals surface area contributed by atoms with Gasteiger partial charge in [0.05, 0.1) is 15.4 Å². The molecule has 1 aromatic heterocycles. The number of aromatic nitrogens is 1. The van der Waals surface area contributed by atoms with Gasteiger partial charge in [-0.15, -0.1) is 0 Å². The molecule has 1 N–H and O–H groups in total. The topological polar surface area (TPSA) is 76.1 Å². The van der Waals surface area contributed by atoms with Crippen molar-refractivity contribution in [3.63, 3.8) is 0 Å². The standard InChI is InChI=1S/C19H16N2O3S/c22-19(16-5-4-12-20-14-16)21-13-15-8-10-18(11-9-15)25(23,24)17-6-2-1-3-7-17/h1-12,14H,13H2,(H,21,22). The second-order valence-electron chi connectivity index (χ2n) is 5.38. The minimum Gasteiger partial charge on any atom is -0.348 e. The average molecular weight is 352 g/mol. The monoisotopic (exact) mass is 352 g/mol. The summed E-state index contributed by atoms with van der Waals surface area (Å²) in [7, 11) is -3.53. The van der Waals surface area contributed by atoms with E-state index in [9.17, 15) is 13.2 Å². The van der Waals surface area contributed by atoms with Crippen LogP contribution in [-0.4, -0.2) is 19.3 Å². The van der Waals surface area contributed by atoms with Crippen molar-refractivity contribution in [1.82, 2.24) is 10.3 Å². The quantitative estimate of drug-likeness (QED) is 0.766. The van der Waals surface area contributed by atoms with Crippen molar-refractivity contribution in [2.24, 2.45) is 0 Å². The third-order valence-corrected chi connectivity index (χ3v) is 5.45. The highest BCUT2D eigenvalue weighted by Crippen LogP contribution is 2.20.